The van der Waals surface area contributed by atoms with Crippen LogP contribution in [-0.2, 0) is 4.79 Å². The molecule has 6 heteroatoms. The molecule has 0 bridgehead atoms. The molecule has 0 aliphatic carbocycles. The average Bonchev–Trinajstić information content (AvgIpc) is 2.76. The van der Waals surface area contributed by atoms with Gasteiger partial charge in [-0.15, -0.1) is 11.3 Å². The standard InChI is InChI=1S/C10H15N3O2S/c1-7(11)9(14)12-4-5-13-10(15)8-3-2-6-16-8/h2-3,6-7H,4-5,11H2,1H3,(H,12,14)(H,13,15)/t7-/m1/s1. The van der Waals surface area contributed by atoms with E-state index in [2.05, 4.69) is 10.6 Å². The molecule has 16 heavy (non-hydrogen) atoms. The third kappa shape index (κ3) is 4.00. The number of hydrogen-bond acceptors (Lipinski definition) is 4. The monoisotopic (exact) mass is 241 g/mol. The minimum absolute atomic E-state index is 0.120. The Bertz CT molecular complexity index is 349. The van der Waals surface area contributed by atoms with Crippen molar-refractivity contribution in [1.82, 2.24) is 10.6 Å². The second kappa shape index (κ2) is 6.24. The van der Waals surface area contributed by atoms with Gasteiger partial charge in [-0.1, -0.05) is 6.07 Å². The number of thiophene rings is 1. The number of carbonyl (C=O) groups excluding carboxylic acids is 2. The van der Waals surface area contributed by atoms with E-state index < -0.39 is 6.04 Å². The van der Waals surface area contributed by atoms with Gasteiger partial charge in [0.2, 0.25) is 5.91 Å². The quantitative estimate of drug-likeness (QED) is 0.631. The molecule has 88 valence electrons. The largest absolute Gasteiger partial charge is 0.353 e. The number of nitrogens with one attached hydrogen (secondary N) is 2. The summed E-state index contributed by atoms with van der Waals surface area (Å²) in [5, 5.41) is 7.14. The van der Waals surface area contributed by atoms with E-state index in [4.69, 9.17) is 5.73 Å². The molecule has 0 fully saturated rings. The molecule has 2 amide bonds. The molecule has 0 aliphatic heterocycles. The normalized spacial score (nSPS) is 11.9. The van der Waals surface area contributed by atoms with Crippen molar-refractivity contribution < 1.29 is 9.59 Å². The fourth-order valence-corrected chi connectivity index (χ4v) is 1.66. The lowest BCUT2D eigenvalue weighted by atomic mass is 10.3. The maximum atomic E-state index is 11.4. The molecule has 0 unspecified atom stereocenters. The summed E-state index contributed by atoms with van der Waals surface area (Å²) >= 11 is 1.38. The first-order chi connectivity index (χ1) is 7.61. The fraction of sp³-hybridized carbons (Fsp3) is 0.400. The van der Waals surface area contributed by atoms with Crippen LogP contribution in [0.4, 0.5) is 0 Å². The van der Waals surface area contributed by atoms with Crippen LogP contribution in [0, 0.1) is 0 Å². The first-order valence-electron chi connectivity index (χ1n) is 4.96. The average molecular weight is 241 g/mol. The van der Waals surface area contributed by atoms with Gasteiger partial charge in [0.05, 0.1) is 10.9 Å². The van der Waals surface area contributed by atoms with E-state index in [1.165, 1.54) is 11.3 Å². The Kier molecular flexibility index (Phi) is 4.94. The van der Waals surface area contributed by atoms with E-state index in [1.54, 1.807) is 13.0 Å². The van der Waals surface area contributed by atoms with E-state index in [0.29, 0.717) is 18.0 Å². The van der Waals surface area contributed by atoms with Gasteiger partial charge < -0.3 is 16.4 Å². The van der Waals surface area contributed by atoms with Gasteiger partial charge in [-0.2, -0.15) is 0 Å². The number of hydrogen-bond donors (Lipinski definition) is 3. The lowest BCUT2D eigenvalue weighted by molar-refractivity contribution is -0.121. The van der Waals surface area contributed by atoms with Crippen molar-refractivity contribution in [1.29, 1.82) is 0 Å². The van der Waals surface area contributed by atoms with Crippen LogP contribution in [0.25, 0.3) is 0 Å². The maximum Gasteiger partial charge on any atom is 0.261 e. The number of rotatable bonds is 5. The Labute approximate surface area is 98.0 Å². The van der Waals surface area contributed by atoms with Crippen LogP contribution in [0.1, 0.15) is 16.6 Å². The van der Waals surface area contributed by atoms with Crippen LogP contribution in [0.2, 0.25) is 0 Å². The highest BCUT2D eigenvalue weighted by Gasteiger charge is 2.07. The smallest absolute Gasteiger partial charge is 0.261 e. The van der Waals surface area contributed by atoms with Crippen LogP contribution in [-0.4, -0.2) is 30.9 Å². The Hall–Kier alpha value is -1.40. The summed E-state index contributed by atoms with van der Waals surface area (Å²) < 4.78 is 0. The molecule has 5 nitrogen and oxygen atoms in total. The van der Waals surface area contributed by atoms with Crippen LogP contribution in [0.3, 0.4) is 0 Å². The molecule has 1 aromatic rings. The number of amides is 2. The fourth-order valence-electron chi connectivity index (χ4n) is 1.02. The summed E-state index contributed by atoms with van der Waals surface area (Å²) in [5.41, 5.74) is 5.36. The third-order valence-corrected chi connectivity index (χ3v) is 2.74. The zero-order valence-electron chi connectivity index (χ0n) is 9.03. The van der Waals surface area contributed by atoms with Gasteiger partial charge in [0.25, 0.3) is 5.91 Å². The summed E-state index contributed by atoms with van der Waals surface area (Å²) in [4.78, 5) is 23.2. The van der Waals surface area contributed by atoms with E-state index in [1.807, 2.05) is 11.4 Å². The number of nitrogens with two attached hydrogens (primary N) is 1. The molecule has 1 rings (SSSR count). The van der Waals surface area contributed by atoms with Crippen molar-refractivity contribution in [3.05, 3.63) is 22.4 Å². The van der Waals surface area contributed by atoms with Crippen LogP contribution in [0.5, 0.6) is 0 Å². The lowest BCUT2D eigenvalue weighted by Crippen LogP contribution is -2.41. The Morgan fingerprint density at radius 1 is 1.44 bits per heavy atom. The molecule has 4 N–H and O–H groups in total. The minimum atomic E-state index is -0.520. The summed E-state index contributed by atoms with van der Waals surface area (Å²) in [6.45, 7) is 2.40. The van der Waals surface area contributed by atoms with E-state index in [9.17, 15) is 9.59 Å². The van der Waals surface area contributed by atoms with E-state index in [-0.39, 0.29) is 11.8 Å². The summed E-state index contributed by atoms with van der Waals surface area (Å²) in [6.07, 6.45) is 0. The lowest BCUT2D eigenvalue weighted by Gasteiger charge is -2.08. The first kappa shape index (κ1) is 12.7. The first-order valence-corrected chi connectivity index (χ1v) is 5.84. The highest BCUT2D eigenvalue weighted by molar-refractivity contribution is 7.12. The van der Waals surface area contributed by atoms with Crippen LogP contribution < -0.4 is 16.4 Å². The molecule has 1 heterocycles. The van der Waals surface area contributed by atoms with Gasteiger partial charge in [0.1, 0.15) is 0 Å². The molecule has 0 aromatic carbocycles. The molecular formula is C10H15N3O2S. The van der Waals surface area contributed by atoms with Gasteiger partial charge in [-0.05, 0) is 18.4 Å². The van der Waals surface area contributed by atoms with Crippen molar-refractivity contribution in [2.75, 3.05) is 13.1 Å². The maximum absolute atomic E-state index is 11.4. The molecular weight excluding hydrogens is 226 g/mol. The van der Waals surface area contributed by atoms with Crippen LogP contribution in [0.15, 0.2) is 17.5 Å². The Morgan fingerprint density at radius 3 is 2.69 bits per heavy atom. The third-order valence-electron chi connectivity index (χ3n) is 1.87. The minimum Gasteiger partial charge on any atom is -0.353 e. The van der Waals surface area contributed by atoms with E-state index >= 15 is 0 Å². The van der Waals surface area contributed by atoms with Crippen molar-refractivity contribution >= 4 is 23.2 Å². The van der Waals surface area contributed by atoms with Gasteiger partial charge >= 0.3 is 0 Å². The summed E-state index contributed by atoms with van der Waals surface area (Å²) in [5.74, 6) is -0.338. The second-order valence-corrected chi connectivity index (χ2v) is 4.26. The molecule has 0 saturated heterocycles. The summed E-state index contributed by atoms with van der Waals surface area (Å²) in [6, 6.07) is 3.05. The zero-order valence-corrected chi connectivity index (χ0v) is 9.84. The Balaban J connectivity index is 2.17. The van der Waals surface area contributed by atoms with Gasteiger partial charge in [-0.25, -0.2) is 0 Å². The van der Waals surface area contributed by atoms with Gasteiger partial charge in [0, 0.05) is 13.1 Å². The Morgan fingerprint density at radius 2 is 2.12 bits per heavy atom. The van der Waals surface area contributed by atoms with E-state index in [0.717, 1.165) is 0 Å². The predicted octanol–water partition coefficient (Wildman–Crippen LogP) is -0.0587. The van der Waals surface area contributed by atoms with Crippen LogP contribution >= 0.6 is 11.3 Å². The summed E-state index contributed by atoms with van der Waals surface area (Å²) in [7, 11) is 0. The SMILES string of the molecule is C[C@@H](N)C(=O)NCCNC(=O)c1cccs1. The molecule has 0 radical (unpaired) electrons. The molecule has 1 atom stereocenters. The van der Waals surface area contributed by atoms with Gasteiger partial charge in [-0.3, -0.25) is 9.59 Å². The molecule has 0 spiro atoms. The highest BCUT2D eigenvalue weighted by Crippen LogP contribution is 2.07. The van der Waals surface area contributed by atoms with Crippen molar-refractivity contribution in [3.8, 4) is 0 Å². The zero-order chi connectivity index (χ0) is 12.0. The predicted molar refractivity (Wildman–Crippen MR) is 63.3 cm³/mol. The second-order valence-electron chi connectivity index (χ2n) is 3.31. The topological polar surface area (TPSA) is 84.2 Å². The van der Waals surface area contributed by atoms with Crippen molar-refractivity contribution in [2.45, 2.75) is 13.0 Å². The highest BCUT2D eigenvalue weighted by atomic mass is 32.1. The molecule has 1 aromatic heterocycles. The van der Waals surface area contributed by atoms with Crippen molar-refractivity contribution in [2.24, 2.45) is 5.73 Å². The molecule has 0 aliphatic rings. The van der Waals surface area contributed by atoms with Crippen molar-refractivity contribution in [3.63, 3.8) is 0 Å². The van der Waals surface area contributed by atoms with Gasteiger partial charge in [0.15, 0.2) is 0 Å². The number of carbonyl (C=O) groups is 2. The molecule has 0 saturated carbocycles.